The summed E-state index contributed by atoms with van der Waals surface area (Å²) in [5.41, 5.74) is 0.703. The van der Waals surface area contributed by atoms with Crippen LogP contribution in [0.4, 0.5) is 0 Å². The van der Waals surface area contributed by atoms with Crippen LogP contribution in [0.2, 0.25) is 0 Å². The predicted octanol–water partition coefficient (Wildman–Crippen LogP) is 1.61. The highest BCUT2D eigenvalue weighted by Crippen LogP contribution is 2.26. The molecule has 2 unspecified atom stereocenters. The number of nitrogens with one attached hydrogen (secondary N) is 1. The molecule has 0 amide bonds. The Kier molecular flexibility index (Phi) is 3.69. The first-order valence-corrected chi connectivity index (χ1v) is 8.53. The molecular formula is C15H19N3O2S. The van der Waals surface area contributed by atoms with Crippen molar-refractivity contribution in [2.75, 3.05) is 13.1 Å². The second kappa shape index (κ2) is 5.36. The summed E-state index contributed by atoms with van der Waals surface area (Å²) in [6, 6.07) is 8.92. The van der Waals surface area contributed by atoms with Crippen LogP contribution in [-0.2, 0) is 10.0 Å². The van der Waals surface area contributed by atoms with Gasteiger partial charge in [-0.05, 0) is 38.1 Å². The Morgan fingerprint density at radius 3 is 2.86 bits per heavy atom. The van der Waals surface area contributed by atoms with Crippen LogP contribution in [0.3, 0.4) is 0 Å². The molecule has 0 spiro atoms. The summed E-state index contributed by atoms with van der Waals surface area (Å²) in [5.74, 6) is 0. The topological polar surface area (TPSA) is 62.3 Å². The maximum absolute atomic E-state index is 13.0. The molecule has 1 aromatic heterocycles. The summed E-state index contributed by atoms with van der Waals surface area (Å²) in [7, 11) is -3.52. The van der Waals surface area contributed by atoms with E-state index in [0.29, 0.717) is 28.9 Å². The Morgan fingerprint density at radius 2 is 2.05 bits per heavy atom. The summed E-state index contributed by atoms with van der Waals surface area (Å²) >= 11 is 0. The van der Waals surface area contributed by atoms with Crippen molar-refractivity contribution in [2.24, 2.45) is 0 Å². The molecule has 3 rings (SSSR count). The van der Waals surface area contributed by atoms with E-state index in [-0.39, 0.29) is 12.1 Å². The third-order valence-corrected chi connectivity index (χ3v) is 5.94. The highest BCUT2D eigenvalue weighted by Gasteiger charge is 2.34. The van der Waals surface area contributed by atoms with Crippen LogP contribution in [0.15, 0.2) is 41.4 Å². The fourth-order valence-corrected chi connectivity index (χ4v) is 4.67. The van der Waals surface area contributed by atoms with Crippen LogP contribution < -0.4 is 5.32 Å². The molecule has 0 radical (unpaired) electrons. The second-order valence-corrected chi connectivity index (χ2v) is 7.42. The Labute approximate surface area is 125 Å². The van der Waals surface area contributed by atoms with Crippen molar-refractivity contribution >= 4 is 20.9 Å². The number of fused-ring (bicyclic) bond motifs is 1. The van der Waals surface area contributed by atoms with Gasteiger partial charge in [0.2, 0.25) is 10.0 Å². The minimum absolute atomic E-state index is 0.0573. The summed E-state index contributed by atoms with van der Waals surface area (Å²) in [4.78, 5) is 4.58. The molecule has 2 atom stereocenters. The molecule has 0 bridgehead atoms. The van der Waals surface area contributed by atoms with Gasteiger partial charge in [-0.25, -0.2) is 8.42 Å². The lowest BCUT2D eigenvalue weighted by Gasteiger charge is -2.36. The van der Waals surface area contributed by atoms with Gasteiger partial charge in [0.15, 0.2) is 0 Å². The van der Waals surface area contributed by atoms with Gasteiger partial charge >= 0.3 is 0 Å². The van der Waals surface area contributed by atoms with Crippen molar-refractivity contribution in [2.45, 2.75) is 30.8 Å². The number of hydrogen-bond donors (Lipinski definition) is 1. The number of pyridine rings is 1. The van der Waals surface area contributed by atoms with E-state index in [9.17, 15) is 8.42 Å². The number of hydrogen-bond acceptors (Lipinski definition) is 4. The molecular weight excluding hydrogens is 286 g/mol. The van der Waals surface area contributed by atoms with E-state index in [1.54, 1.807) is 28.7 Å². The highest BCUT2D eigenvalue weighted by molar-refractivity contribution is 7.89. The SMILES string of the molecule is CC1CN(S(=O)(=O)c2cccc3ncccc23)C(C)CN1. The molecule has 112 valence electrons. The van der Waals surface area contributed by atoms with Crippen LogP contribution in [0.5, 0.6) is 0 Å². The molecule has 1 saturated heterocycles. The monoisotopic (exact) mass is 305 g/mol. The van der Waals surface area contributed by atoms with Crippen molar-refractivity contribution in [1.29, 1.82) is 0 Å². The first-order chi connectivity index (χ1) is 10.00. The largest absolute Gasteiger partial charge is 0.311 e. The molecule has 1 aliphatic heterocycles. The lowest BCUT2D eigenvalue weighted by Crippen LogP contribution is -2.56. The van der Waals surface area contributed by atoms with Crippen LogP contribution in [0, 0.1) is 0 Å². The van der Waals surface area contributed by atoms with Gasteiger partial charge in [0.05, 0.1) is 10.4 Å². The first-order valence-electron chi connectivity index (χ1n) is 7.09. The van der Waals surface area contributed by atoms with Crippen LogP contribution in [0.1, 0.15) is 13.8 Å². The average molecular weight is 305 g/mol. The second-order valence-electron chi connectivity index (χ2n) is 5.56. The van der Waals surface area contributed by atoms with Crippen LogP contribution in [-0.4, -0.2) is 42.9 Å². The molecule has 1 aromatic carbocycles. The van der Waals surface area contributed by atoms with Gasteiger partial charge in [0.1, 0.15) is 0 Å². The zero-order chi connectivity index (χ0) is 15.0. The van der Waals surface area contributed by atoms with Crippen molar-refractivity contribution in [3.8, 4) is 0 Å². The zero-order valence-electron chi connectivity index (χ0n) is 12.2. The molecule has 0 saturated carbocycles. The lowest BCUT2D eigenvalue weighted by atomic mass is 10.2. The van der Waals surface area contributed by atoms with Gasteiger partial charge in [-0.1, -0.05) is 6.07 Å². The summed E-state index contributed by atoms with van der Waals surface area (Å²) in [6.45, 7) is 5.09. The first kappa shape index (κ1) is 14.4. The third kappa shape index (κ3) is 2.54. The predicted molar refractivity (Wildman–Crippen MR) is 82.6 cm³/mol. The van der Waals surface area contributed by atoms with E-state index >= 15 is 0 Å². The van der Waals surface area contributed by atoms with Gasteiger partial charge < -0.3 is 5.32 Å². The van der Waals surface area contributed by atoms with Crippen LogP contribution in [0.25, 0.3) is 10.9 Å². The third-order valence-electron chi connectivity index (χ3n) is 3.90. The van der Waals surface area contributed by atoms with E-state index in [1.807, 2.05) is 26.0 Å². The smallest absolute Gasteiger partial charge is 0.244 e. The number of benzene rings is 1. The Morgan fingerprint density at radius 1 is 1.24 bits per heavy atom. The molecule has 2 heterocycles. The quantitative estimate of drug-likeness (QED) is 0.915. The number of nitrogens with zero attached hydrogens (tertiary/aromatic N) is 2. The Balaban J connectivity index is 2.12. The summed E-state index contributed by atoms with van der Waals surface area (Å²) < 4.78 is 27.6. The van der Waals surface area contributed by atoms with Crippen molar-refractivity contribution in [3.63, 3.8) is 0 Å². The van der Waals surface area contributed by atoms with Crippen molar-refractivity contribution < 1.29 is 8.42 Å². The molecule has 1 N–H and O–H groups in total. The Bertz CT molecular complexity index is 755. The average Bonchev–Trinajstić information content (AvgIpc) is 2.49. The fourth-order valence-electron chi connectivity index (χ4n) is 2.75. The summed E-state index contributed by atoms with van der Waals surface area (Å²) in [5, 5.41) is 3.98. The minimum Gasteiger partial charge on any atom is -0.311 e. The maximum atomic E-state index is 13.0. The van der Waals surface area contributed by atoms with Crippen molar-refractivity contribution in [1.82, 2.24) is 14.6 Å². The fraction of sp³-hybridized carbons (Fsp3) is 0.400. The number of aromatic nitrogens is 1. The van der Waals surface area contributed by atoms with Gasteiger partial charge in [-0.3, -0.25) is 4.98 Å². The van der Waals surface area contributed by atoms with E-state index < -0.39 is 10.0 Å². The van der Waals surface area contributed by atoms with E-state index in [4.69, 9.17) is 0 Å². The van der Waals surface area contributed by atoms with E-state index in [0.717, 1.165) is 0 Å². The van der Waals surface area contributed by atoms with Gasteiger partial charge in [0.25, 0.3) is 0 Å². The van der Waals surface area contributed by atoms with E-state index in [1.165, 1.54) is 0 Å². The number of piperazine rings is 1. The number of rotatable bonds is 2. The highest BCUT2D eigenvalue weighted by atomic mass is 32.2. The van der Waals surface area contributed by atoms with Crippen LogP contribution >= 0.6 is 0 Å². The van der Waals surface area contributed by atoms with Gasteiger partial charge in [0, 0.05) is 36.8 Å². The molecule has 2 aromatic rings. The molecule has 5 nitrogen and oxygen atoms in total. The summed E-state index contributed by atoms with van der Waals surface area (Å²) in [6.07, 6.45) is 1.67. The molecule has 6 heteroatoms. The van der Waals surface area contributed by atoms with Gasteiger partial charge in [-0.2, -0.15) is 4.31 Å². The zero-order valence-corrected chi connectivity index (χ0v) is 13.0. The molecule has 1 aliphatic rings. The standard InChI is InChI=1S/C15H19N3O2S/c1-11-10-18(12(2)9-17-11)21(19,20)15-7-3-6-14-13(15)5-4-8-16-14/h3-8,11-12,17H,9-10H2,1-2H3. The lowest BCUT2D eigenvalue weighted by molar-refractivity contribution is 0.245. The maximum Gasteiger partial charge on any atom is 0.244 e. The van der Waals surface area contributed by atoms with E-state index in [2.05, 4.69) is 10.3 Å². The molecule has 1 fully saturated rings. The number of sulfonamides is 1. The Hall–Kier alpha value is -1.50. The van der Waals surface area contributed by atoms with Crippen molar-refractivity contribution in [3.05, 3.63) is 36.5 Å². The minimum atomic E-state index is -3.52. The van der Waals surface area contributed by atoms with Gasteiger partial charge in [-0.15, -0.1) is 0 Å². The normalized spacial score (nSPS) is 24.3. The molecule has 0 aliphatic carbocycles. The molecule has 21 heavy (non-hydrogen) atoms.